The quantitative estimate of drug-likeness (QED) is 0.804. The molecule has 0 saturated carbocycles. The van der Waals surface area contributed by atoms with E-state index in [2.05, 4.69) is 10.1 Å². The molecule has 5 nitrogen and oxygen atoms in total. The SMILES string of the molecule is NCC[C@H](O)c1nc(-c2ccccc2)no1. The number of aliphatic hydroxyl groups excluding tert-OH is 1. The first kappa shape index (κ1) is 10.8. The van der Waals surface area contributed by atoms with Crippen LogP contribution >= 0.6 is 0 Å². The van der Waals surface area contributed by atoms with Gasteiger partial charge in [-0.15, -0.1) is 0 Å². The largest absolute Gasteiger partial charge is 0.383 e. The van der Waals surface area contributed by atoms with Gasteiger partial charge in [-0.3, -0.25) is 0 Å². The Bertz CT molecular complexity index is 442. The fourth-order valence-corrected chi connectivity index (χ4v) is 1.36. The monoisotopic (exact) mass is 219 g/mol. The van der Waals surface area contributed by atoms with E-state index in [1.54, 1.807) is 0 Å². The second-order valence-electron chi connectivity index (χ2n) is 3.42. The van der Waals surface area contributed by atoms with Gasteiger partial charge < -0.3 is 15.4 Å². The molecule has 3 N–H and O–H groups in total. The number of hydrogen-bond acceptors (Lipinski definition) is 5. The highest BCUT2D eigenvalue weighted by Crippen LogP contribution is 2.19. The normalized spacial score (nSPS) is 12.6. The molecule has 1 aromatic carbocycles. The first-order chi connectivity index (χ1) is 7.81. The lowest BCUT2D eigenvalue weighted by Crippen LogP contribution is -2.06. The molecule has 0 bridgehead atoms. The topological polar surface area (TPSA) is 85.2 Å². The van der Waals surface area contributed by atoms with Crippen LogP contribution in [0.5, 0.6) is 0 Å². The van der Waals surface area contributed by atoms with Crippen LogP contribution in [0.1, 0.15) is 18.4 Å². The zero-order valence-electron chi connectivity index (χ0n) is 8.71. The van der Waals surface area contributed by atoms with E-state index in [1.165, 1.54) is 0 Å². The van der Waals surface area contributed by atoms with Crippen molar-refractivity contribution in [1.29, 1.82) is 0 Å². The van der Waals surface area contributed by atoms with Gasteiger partial charge in [0.2, 0.25) is 5.82 Å². The summed E-state index contributed by atoms with van der Waals surface area (Å²) in [5, 5.41) is 13.4. The number of rotatable bonds is 4. The summed E-state index contributed by atoms with van der Waals surface area (Å²) >= 11 is 0. The van der Waals surface area contributed by atoms with Gasteiger partial charge in [-0.25, -0.2) is 0 Å². The van der Waals surface area contributed by atoms with Crippen LogP contribution < -0.4 is 5.73 Å². The third-order valence-corrected chi connectivity index (χ3v) is 2.20. The summed E-state index contributed by atoms with van der Waals surface area (Å²) in [5.74, 6) is 0.691. The molecule has 5 heteroatoms. The fraction of sp³-hybridized carbons (Fsp3) is 0.273. The van der Waals surface area contributed by atoms with Gasteiger partial charge in [-0.05, 0) is 13.0 Å². The Balaban J connectivity index is 2.20. The molecule has 0 unspecified atom stereocenters. The maximum absolute atomic E-state index is 9.60. The van der Waals surface area contributed by atoms with Gasteiger partial charge in [0, 0.05) is 5.56 Å². The van der Waals surface area contributed by atoms with Crippen LogP contribution in [-0.2, 0) is 0 Å². The van der Waals surface area contributed by atoms with E-state index in [1.807, 2.05) is 30.3 Å². The molecule has 0 aliphatic heterocycles. The molecule has 0 radical (unpaired) electrons. The van der Waals surface area contributed by atoms with Gasteiger partial charge in [0.25, 0.3) is 5.89 Å². The smallest absolute Gasteiger partial charge is 0.255 e. The van der Waals surface area contributed by atoms with E-state index in [0.717, 1.165) is 5.56 Å². The molecular weight excluding hydrogens is 206 g/mol. The van der Waals surface area contributed by atoms with E-state index in [4.69, 9.17) is 10.3 Å². The average Bonchev–Trinajstić information content (AvgIpc) is 2.80. The third-order valence-electron chi connectivity index (χ3n) is 2.20. The molecule has 84 valence electrons. The van der Waals surface area contributed by atoms with Crippen molar-refractivity contribution < 1.29 is 9.63 Å². The van der Waals surface area contributed by atoms with Crippen LogP contribution in [0, 0.1) is 0 Å². The van der Waals surface area contributed by atoms with E-state index in [9.17, 15) is 5.11 Å². The summed E-state index contributed by atoms with van der Waals surface area (Å²) < 4.78 is 4.97. The van der Waals surface area contributed by atoms with E-state index < -0.39 is 6.10 Å². The van der Waals surface area contributed by atoms with Crippen molar-refractivity contribution in [3.63, 3.8) is 0 Å². The molecule has 0 spiro atoms. The Hall–Kier alpha value is -1.72. The lowest BCUT2D eigenvalue weighted by Gasteiger charge is -2.00. The van der Waals surface area contributed by atoms with Crippen LogP contribution in [0.25, 0.3) is 11.4 Å². The highest BCUT2D eigenvalue weighted by atomic mass is 16.5. The highest BCUT2D eigenvalue weighted by molar-refractivity contribution is 5.53. The number of benzene rings is 1. The molecule has 1 atom stereocenters. The Labute approximate surface area is 92.9 Å². The Morgan fingerprint density at radius 2 is 2.06 bits per heavy atom. The zero-order valence-corrected chi connectivity index (χ0v) is 8.71. The van der Waals surface area contributed by atoms with Crippen molar-refractivity contribution in [3.05, 3.63) is 36.2 Å². The minimum absolute atomic E-state index is 0.212. The minimum atomic E-state index is -0.782. The first-order valence-electron chi connectivity index (χ1n) is 5.08. The second-order valence-corrected chi connectivity index (χ2v) is 3.42. The molecule has 2 rings (SSSR count). The maximum atomic E-state index is 9.60. The number of nitrogens with two attached hydrogens (primary N) is 1. The van der Waals surface area contributed by atoms with Gasteiger partial charge in [0.05, 0.1) is 0 Å². The molecule has 0 amide bonds. The predicted molar refractivity (Wildman–Crippen MR) is 58.4 cm³/mol. The van der Waals surface area contributed by atoms with Crippen molar-refractivity contribution in [1.82, 2.24) is 10.1 Å². The van der Waals surface area contributed by atoms with Crippen molar-refractivity contribution in [2.24, 2.45) is 5.73 Å². The Morgan fingerprint density at radius 3 is 2.75 bits per heavy atom. The molecule has 0 aliphatic carbocycles. The van der Waals surface area contributed by atoms with Crippen molar-refractivity contribution in [3.8, 4) is 11.4 Å². The van der Waals surface area contributed by atoms with Crippen LogP contribution in [0.15, 0.2) is 34.9 Å². The number of aromatic nitrogens is 2. The van der Waals surface area contributed by atoms with E-state index >= 15 is 0 Å². The molecule has 1 aromatic heterocycles. The average molecular weight is 219 g/mol. The van der Waals surface area contributed by atoms with E-state index in [-0.39, 0.29) is 5.89 Å². The molecule has 2 aromatic rings. The van der Waals surface area contributed by atoms with Gasteiger partial charge in [-0.2, -0.15) is 4.98 Å². The zero-order chi connectivity index (χ0) is 11.4. The fourth-order valence-electron chi connectivity index (χ4n) is 1.36. The summed E-state index contributed by atoms with van der Waals surface area (Å²) in [6, 6.07) is 9.45. The van der Waals surface area contributed by atoms with Gasteiger partial charge in [0.15, 0.2) is 0 Å². The Kier molecular flexibility index (Phi) is 3.28. The van der Waals surface area contributed by atoms with Crippen molar-refractivity contribution >= 4 is 0 Å². The summed E-state index contributed by atoms with van der Waals surface area (Å²) in [7, 11) is 0. The standard InChI is InChI=1S/C11H13N3O2/c12-7-6-9(15)11-13-10(14-16-11)8-4-2-1-3-5-8/h1-5,9,15H,6-7,12H2/t9-/m0/s1. The molecule has 0 saturated heterocycles. The first-order valence-corrected chi connectivity index (χ1v) is 5.08. The number of aliphatic hydroxyl groups is 1. The maximum Gasteiger partial charge on any atom is 0.255 e. The van der Waals surface area contributed by atoms with Crippen LogP contribution in [0.2, 0.25) is 0 Å². The minimum Gasteiger partial charge on any atom is -0.383 e. The third kappa shape index (κ3) is 2.26. The Morgan fingerprint density at radius 1 is 1.31 bits per heavy atom. The van der Waals surface area contributed by atoms with Crippen LogP contribution in [0.3, 0.4) is 0 Å². The molecule has 0 fully saturated rings. The van der Waals surface area contributed by atoms with Crippen molar-refractivity contribution in [2.45, 2.75) is 12.5 Å². The summed E-state index contributed by atoms with van der Waals surface area (Å²) in [5.41, 5.74) is 6.19. The summed E-state index contributed by atoms with van der Waals surface area (Å²) in [4.78, 5) is 4.12. The molecule has 16 heavy (non-hydrogen) atoms. The van der Waals surface area contributed by atoms with Gasteiger partial charge in [-0.1, -0.05) is 35.5 Å². The second kappa shape index (κ2) is 4.87. The van der Waals surface area contributed by atoms with Crippen molar-refractivity contribution in [2.75, 3.05) is 6.54 Å². The number of nitrogens with zero attached hydrogens (tertiary/aromatic N) is 2. The van der Waals surface area contributed by atoms with Crippen LogP contribution in [0.4, 0.5) is 0 Å². The predicted octanol–water partition coefficient (Wildman–Crippen LogP) is 1.12. The van der Waals surface area contributed by atoms with E-state index in [0.29, 0.717) is 18.8 Å². The summed E-state index contributed by atoms with van der Waals surface area (Å²) in [6.07, 6.45) is -0.369. The molecule has 0 aliphatic rings. The molecule has 1 heterocycles. The lowest BCUT2D eigenvalue weighted by atomic mass is 10.2. The highest BCUT2D eigenvalue weighted by Gasteiger charge is 2.15. The summed E-state index contributed by atoms with van der Waals surface area (Å²) in [6.45, 7) is 0.379. The van der Waals surface area contributed by atoms with Gasteiger partial charge in [0.1, 0.15) is 6.10 Å². The van der Waals surface area contributed by atoms with Crippen LogP contribution in [-0.4, -0.2) is 21.8 Å². The van der Waals surface area contributed by atoms with Gasteiger partial charge >= 0.3 is 0 Å². The lowest BCUT2D eigenvalue weighted by molar-refractivity contribution is 0.127. The molecular formula is C11H13N3O2. The number of hydrogen-bond donors (Lipinski definition) is 2.